The number of carbonyl (C=O) groups is 2. The molecular weight excluding hydrogens is 382 g/mol. The van der Waals surface area contributed by atoms with Gasteiger partial charge in [-0.25, -0.2) is 0 Å². The molecule has 2 aromatic carbocycles. The number of hydrogen-bond donors (Lipinski definition) is 0. The average Bonchev–Trinajstić information content (AvgIpc) is 2.81. The highest BCUT2D eigenvalue weighted by molar-refractivity contribution is 6.01. The van der Waals surface area contributed by atoms with E-state index in [0.29, 0.717) is 35.9 Å². The maximum Gasteiger partial charge on any atom is 0.246 e. The van der Waals surface area contributed by atoms with Gasteiger partial charge in [0.15, 0.2) is 17.3 Å². The Hall–Kier alpha value is -3.28. The molecule has 30 heavy (non-hydrogen) atoms. The number of methoxy groups -OCH3 is 3. The minimum absolute atomic E-state index is 0.0221. The fraction of sp³-hybridized carbons (Fsp3) is 0.333. The van der Waals surface area contributed by atoms with Crippen molar-refractivity contribution in [1.82, 2.24) is 4.90 Å². The lowest BCUT2D eigenvalue weighted by Crippen LogP contribution is -2.41. The van der Waals surface area contributed by atoms with Gasteiger partial charge in [-0.05, 0) is 48.7 Å². The Bertz CT molecular complexity index is 937. The second-order valence-electron chi connectivity index (χ2n) is 7.14. The summed E-state index contributed by atoms with van der Waals surface area (Å²) in [5, 5.41) is 0. The molecule has 0 N–H and O–H groups in total. The number of ether oxygens (including phenoxy) is 3. The van der Waals surface area contributed by atoms with Crippen molar-refractivity contribution in [2.45, 2.75) is 12.8 Å². The Morgan fingerprint density at radius 1 is 0.967 bits per heavy atom. The van der Waals surface area contributed by atoms with Gasteiger partial charge in [0.1, 0.15) is 5.75 Å². The van der Waals surface area contributed by atoms with E-state index in [4.69, 9.17) is 14.2 Å². The summed E-state index contributed by atoms with van der Waals surface area (Å²) >= 11 is 0. The topological polar surface area (TPSA) is 65.1 Å². The fourth-order valence-corrected chi connectivity index (χ4v) is 3.69. The Kier molecular flexibility index (Phi) is 7.12. The van der Waals surface area contributed by atoms with Crippen LogP contribution in [0.3, 0.4) is 0 Å². The van der Waals surface area contributed by atoms with Crippen LogP contribution in [0, 0.1) is 5.92 Å². The van der Waals surface area contributed by atoms with E-state index in [9.17, 15) is 9.59 Å². The number of nitrogens with zero attached hydrogens (tertiary/aromatic N) is 1. The lowest BCUT2D eigenvalue weighted by molar-refractivity contribution is -0.127. The summed E-state index contributed by atoms with van der Waals surface area (Å²) in [5.41, 5.74) is 1.40. The van der Waals surface area contributed by atoms with E-state index >= 15 is 0 Å². The zero-order valence-electron chi connectivity index (χ0n) is 17.6. The van der Waals surface area contributed by atoms with E-state index in [1.54, 1.807) is 50.5 Å². The average molecular weight is 409 g/mol. The lowest BCUT2D eigenvalue weighted by Gasteiger charge is -2.31. The van der Waals surface area contributed by atoms with E-state index in [1.165, 1.54) is 6.08 Å². The Morgan fingerprint density at radius 3 is 2.43 bits per heavy atom. The normalized spacial score (nSPS) is 16.4. The molecule has 6 nitrogen and oxygen atoms in total. The fourth-order valence-electron chi connectivity index (χ4n) is 3.69. The van der Waals surface area contributed by atoms with E-state index in [1.807, 2.05) is 24.3 Å². The van der Waals surface area contributed by atoms with Gasteiger partial charge in [0.2, 0.25) is 5.91 Å². The van der Waals surface area contributed by atoms with Gasteiger partial charge >= 0.3 is 0 Å². The van der Waals surface area contributed by atoms with Gasteiger partial charge in [-0.3, -0.25) is 9.59 Å². The maximum absolute atomic E-state index is 13.0. The summed E-state index contributed by atoms with van der Waals surface area (Å²) in [7, 11) is 4.71. The smallest absolute Gasteiger partial charge is 0.246 e. The summed E-state index contributed by atoms with van der Waals surface area (Å²) in [6.45, 7) is 1.05. The molecule has 6 heteroatoms. The number of carbonyl (C=O) groups excluding carboxylic acids is 2. The van der Waals surface area contributed by atoms with Crippen molar-refractivity contribution < 1.29 is 23.8 Å². The van der Waals surface area contributed by atoms with Crippen LogP contribution in [0.5, 0.6) is 17.2 Å². The van der Waals surface area contributed by atoms with Crippen LogP contribution in [-0.4, -0.2) is 51.0 Å². The molecule has 0 saturated carbocycles. The number of hydrogen-bond acceptors (Lipinski definition) is 5. The number of rotatable bonds is 7. The first kappa shape index (κ1) is 21.4. The number of piperidine rings is 1. The summed E-state index contributed by atoms with van der Waals surface area (Å²) in [5.74, 6) is 1.49. The molecular formula is C24H27NO5. The molecule has 0 aromatic heterocycles. The standard InChI is InChI=1S/C24H27NO5/c1-28-20-9-5-4-8-19(20)24(27)18-7-6-14-25(16-18)23(26)13-11-17-10-12-21(29-2)22(15-17)30-3/h4-5,8-13,15,18H,6-7,14,16H2,1-3H3/b13-11+/t18-/m0/s1. The molecule has 1 aliphatic rings. The third-order valence-corrected chi connectivity index (χ3v) is 5.30. The number of likely N-dealkylation sites (tertiary alicyclic amines) is 1. The van der Waals surface area contributed by atoms with Gasteiger partial charge in [0, 0.05) is 25.1 Å². The van der Waals surface area contributed by atoms with Crippen molar-refractivity contribution in [3.05, 3.63) is 59.7 Å². The van der Waals surface area contributed by atoms with Crippen LogP contribution in [0.15, 0.2) is 48.5 Å². The van der Waals surface area contributed by atoms with E-state index < -0.39 is 0 Å². The molecule has 1 fully saturated rings. The van der Waals surface area contributed by atoms with Gasteiger partial charge in [-0.2, -0.15) is 0 Å². The minimum Gasteiger partial charge on any atom is -0.496 e. The third kappa shape index (κ3) is 4.82. The van der Waals surface area contributed by atoms with E-state index in [-0.39, 0.29) is 17.6 Å². The first-order chi connectivity index (χ1) is 14.6. The zero-order chi connectivity index (χ0) is 21.5. The quantitative estimate of drug-likeness (QED) is 0.513. The molecule has 158 valence electrons. The summed E-state index contributed by atoms with van der Waals surface area (Å²) < 4.78 is 15.9. The van der Waals surface area contributed by atoms with Gasteiger partial charge in [-0.1, -0.05) is 18.2 Å². The van der Waals surface area contributed by atoms with Crippen LogP contribution in [-0.2, 0) is 4.79 Å². The molecule has 0 unspecified atom stereocenters. The third-order valence-electron chi connectivity index (χ3n) is 5.30. The van der Waals surface area contributed by atoms with Crippen LogP contribution >= 0.6 is 0 Å². The van der Waals surface area contributed by atoms with Crippen LogP contribution in [0.2, 0.25) is 0 Å². The summed E-state index contributed by atoms with van der Waals surface area (Å²) in [6, 6.07) is 12.7. The first-order valence-corrected chi connectivity index (χ1v) is 9.93. The molecule has 0 radical (unpaired) electrons. The highest BCUT2D eigenvalue weighted by Gasteiger charge is 2.29. The molecule has 1 saturated heterocycles. The molecule has 0 bridgehead atoms. The Morgan fingerprint density at radius 2 is 1.70 bits per heavy atom. The van der Waals surface area contributed by atoms with Gasteiger partial charge in [-0.15, -0.1) is 0 Å². The highest BCUT2D eigenvalue weighted by Crippen LogP contribution is 2.29. The maximum atomic E-state index is 13.0. The van der Waals surface area contributed by atoms with Crippen molar-refractivity contribution in [3.63, 3.8) is 0 Å². The van der Waals surface area contributed by atoms with Crippen molar-refractivity contribution in [2.24, 2.45) is 5.92 Å². The first-order valence-electron chi connectivity index (χ1n) is 9.93. The lowest BCUT2D eigenvalue weighted by atomic mass is 9.89. The van der Waals surface area contributed by atoms with Gasteiger partial charge < -0.3 is 19.1 Å². The van der Waals surface area contributed by atoms with Crippen LogP contribution < -0.4 is 14.2 Å². The molecule has 1 atom stereocenters. The Labute approximate surface area is 177 Å². The van der Waals surface area contributed by atoms with E-state index in [2.05, 4.69) is 0 Å². The second kappa shape index (κ2) is 9.96. The predicted octanol–water partition coefficient (Wildman–Crippen LogP) is 3.85. The largest absolute Gasteiger partial charge is 0.496 e. The number of benzene rings is 2. The van der Waals surface area contributed by atoms with Crippen LogP contribution in [0.4, 0.5) is 0 Å². The number of Topliss-reactive ketones (excluding diaryl/α,β-unsaturated/α-hetero) is 1. The van der Waals surface area contributed by atoms with Crippen LogP contribution in [0.25, 0.3) is 6.08 Å². The SMILES string of the molecule is COc1ccc(/C=C/C(=O)N2CCC[C@H](C(=O)c3ccccc3OC)C2)cc1OC. The molecule has 3 rings (SSSR count). The van der Waals surface area contributed by atoms with Crippen LogP contribution in [0.1, 0.15) is 28.8 Å². The zero-order valence-corrected chi connectivity index (χ0v) is 17.6. The Balaban J connectivity index is 1.68. The summed E-state index contributed by atoms with van der Waals surface area (Å²) in [6.07, 6.45) is 4.84. The van der Waals surface area contributed by atoms with Gasteiger partial charge in [0.05, 0.1) is 26.9 Å². The second-order valence-corrected chi connectivity index (χ2v) is 7.14. The summed E-state index contributed by atoms with van der Waals surface area (Å²) in [4.78, 5) is 27.5. The molecule has 0 aliphatic carbocycles. The van der Waals surface area contributed by atoms with Crippen molar-refractivity contribution in [2.75, 3.05) is 34.4 Å². The van der Waals surface area contributed by atoms with Crippen molar-refractivity contribution in [1.29, 1.82) is 0 Å². The molecule has 1 amide bonds. The van der Waals surface area contributed by atoms with E-state index in [0.717, 1.165) is 18.4 Å². The predicted molar refractivity (Wildman–Crippen MR) is 115 cm³/mol. The molecule has 0 spiro atoms. The highest BCUT2D eigenvalue weighted by atomic mass is 16.5. The molecule has 2 aromatic rings. The number of ketones is 1. The minimum atomic E-state index is -0.228. The van der Waals surface area contributed by atoms with Crippen molar-refractivity contribution in [3.8, 4) is 17.2 Å². The molecule has 1 heterocycles. The van der Waals surface area contributed by atoms with Crippen molar-refractivity contribution >= 4 is 17.8 Å². The number of amides is 1. The monoisotopic (exact) mass is 409 g/mol. The van der Waals surface area contributed by atoms with Gasteiger partial charge in [0.25, 0.3) is 0 Å². The number of para-hydroxylation sites is 1. The molecule has 1 aliphatic heterocycles.